The number of carbonyl (C=O) groups is 1. The maximum absolute atomic E-state index is 12.2. The number of benzene rings is 2. The molecule has 1 heterocycles. The number of phenolic OH excluding ortho intramolecular Hbond substituents is 1. The van der Waals surface area contributed by atoms with Gasteiger partial charge in [0.1, 0.15) is 11.3 Å². The number of carbonyl (C=O) groups excluding carboxylic acids is 1. The second kappa shape index (κ2) is 5.24. The van der Waals surface area contributed by atoms with Crippen LogP contribution in [0.4, 0.5) is 5.69 Å². The van der Waals surface area contributed by atoms with Gasteiger partial charge in [0, 0.05) is 23.9 Å². The van der Waals surface area contributed by atoms with Gasteiger partial charge in [-0.05, 0) is 37.3 Å². The molecule has 21 heavy (non-hydrogen) atoms. The van der Waals surface area contributed by atoms with E-state index in [9.17, 15) is 9.90 Å². The molecule has 106 valence electrons. The number of nitrogens with one attached hydrogen (secondary N) is 1. The molecule has 0 saturated carbocycles. The normalized spacial score (nSPS) is 10.7. The largest absolute Gasteiger partial charge is 0.508 e. The van der Waals surface area contributed by atoms with E-state index in [1.54, 1.807) is 35.0 Å². The Morgan fingerprint density at radius 1 is 1.29 bits per heavy atom. The highest BCUT2D eigenvalue weighted by atomic mass is 16.3. The summed E-state index contributed by atoms with van der Waals surface area (Å²) in [5.74, 6) is -0.150. The van der Waals surface area contributed by atoms with Gasteiger partial charge in [-0.1, -0.05) is 11.3 Å². The second-order valence-corrected chi connectivity index (χ2v) is 4.61. The van der Waals surface area contributed by atoms with Crippen LogP contribution in [0.2, 0.25) is 0 Å². The van der Waals surface area contributed by atoms with Gasteiger partial charge in [0.05, 0.1) is 5.52 Å². The summed E-state index contributed by atoms with van der Waals surface area (Å²) in [5.41, 5.74) is 2.61. The van der Waals surface area contributed by atoms with Crippen molar-refractivity contribution in [2.24, 2.45) is 0 Å². The van der Waals surface area contributed by atoms with Gasteiger partial charge in [-0.3, -0.25) is 4.79 Å². The van der Waals surface area contributed by atoms with Crippen molar-refractivity contribution >= 4 is 22.6 Å². The Labute approximate surface area is 121 Å². The number of aryl methyl sites for hydroxylation is 1. The number of anilines is 1. The van der Waals surface area contributed by atoms with Crippen LogP contribution in [0.5, 0.6) is 5.75 Å². The third kappa shape index (κ3) is 2.55. The molecular weight excluding hydrogens is 268 g/mol. The van der Waals surface area contributed by atoms with Crippen LogP contribution >= 0.6 is 0 Å². The SMILES string of the molecule is CCn1nnc2cc(C(=O)Nc3cccc(O)c3)ccc21. The van der Waals surface area contributed by atoms with Gasteiger partial charge in [-0.2, -0.15) is 0 Å². The van der Waals surface area contributed by atoms with E-state index in [0.717, 1.165) is 12.1 Å². The minimum absolute atomic E-state index is 0.106. The Kier molecular flexibility index (Phi) is 3.27. The molecule has 0 bridgehead atoms. The molecule has 1 aromatic heterocycles. The summed E-state index contributed by atoms with van der Waals surface area (Å²) >= 11 is 0. The van der Waals surface area contributed by atoms with Crippen molar-refractivity contribution in [3.63, 3.8) is 0 Å². The van der Waals surface area contributed by atoms with Gasteiger partial charge in [0.25, 0.3) is 5.91 Å². The summed E-state index contributed by atoms with van der Waals surface area (Å²) in [6, 6.07) is 11.7. The first-order valence-electron chi connectivity index (χ1n) is 6.61. The van der Waals surface area contributed by atoms with Crippen LogP contribution < -0.4 is 5.32 Å². The van der Waals surface area contributed by atoms with Crippen molar-refractivity contribution in [1.29, 1.82) is 0 Å². The number of aromatic hydroxyl groups is 1. The quantitative estimate of drug-likeness (QED) is 0.773. The molecule has 0 aliphatic carbocycles. The van der Waals surface area contributed by atoms with E-state index in [1.807, 2.05) is 13.0 Å². The summed E-state index contributed by atoms with van der Waals surface area (Å²) in [6.07, 6.45) is 0. The first kappa shape index (κ1) is 13.1. The number of rotatable bonds is 3. The zero-order valence-electron chi connectivity index (χ0n) is 11.4. The van der Waals surface area contributed by atoms with Crippen molar-refractivity contribution in [2.75, 3.05) is 5.32 Å². The highest BCUT2D eigenvalue weighted by Crippen LogP contribution is 2.18. The summed E-state index contributed by atoms with van der Waals surface area (Å²) in [4.78, 5) is 12.2. The van der Waals surface area contributed by atoms with Gasteiger partial charge in [-0.15, -0.1) is 5.10 Å². The lowest BCUT2D eigenvalue weighted by atomic mass is 10.2. The predicted octanol–water partition coefficient (Wildman–Crippen LogP) is 2.41. The smallest absolute Gasteiger partial charge is 0.255 e. The maximum Gasteiger partial charge on any atom is 0.255 e. The fraction of sp³-hybridized carbons (Fsp3) is 0.133. The first-order chi connectivity index (χ1) is 10.2. The molecular formula is C15H14N4O2. The van der Waals surface area contributed by atoms with Crippen LogP contribution in [0.15, 0.2) is 42.5 Å². The zero-order chi connectivity index (χ0) is 14.8. The Bertz CT molecular complexity index is 810. The molecule has 0 atom stereocenters. The minimum atomic E-state index is -0.256. The van der Waals surface area contributed by atoms with E-state index in [1.165, 1.54) is 6.07 Å². The van der Waals surface area contributed by atoms with Crippen LogP contribution in [0.1, 0.15) is 17.3 Å². The van der Waals surface area contributed by atoms with E-state index in [4.69, 9.17) is 0 Å². The minimum Gasteiger partial charge on any atom is -0.508 e. The van der Waals surface area contributed by atoms with Crippen LogP contribution in [-0.2, 0) is 6.54 Å². The summed E-state index contributed by atoms with van der Waals surface area (Å²) in [5, 5.41) is 20.2. The van der Waals surface area contributed by atoms with Crippen molar-refractivity contribution in [3.8, 4) is 5.75 Å². The standard InChI is InChI=1S/C15H14N4O2/c1-2-19-14-7-6-10(8-13(14)17-18-19)15(21)16-11-4-3-5-12(20)9-11/h3-9,20H,2H2,1H3,(H,16,21). The Hall–Kier alpha value is -2.89. The molecule has 0 aliphatic rings. The Morgan fingerprint density at radius 3 is 2.90 bits per heavy atom. The average molecular weight is 282 g/mol. The summed E-state index contributed by atoms with van der Waals surface area (Å²) in [6.45, 7) is 2.71. The average Bonchev–Trinajstić information content (AvgIpc) is 2.89. The zero-order valence-corrected chi connectivity index (χ0v) is 11.4. The Morgan fingerprint density at radius 2 is 2.14 bits per heavy atom. The molecule has 1 amide bonds. The first-order valence-corrected chi connectivity index (χ1v) is 6.61. The van der Waals surface area contributed by atoms with Crippen molar-refractivity contribution in [1.82, 2.24) is 15.0 Å². The lowest BCUT2D eigenvalue weighted by Gasteiger charge is -2.05. The Balaban J connectivity index is 1.87. The van der Waals surface area contributed by atoms with Crippen molar-refractivity contribution < 1.29 is 9.90 Å². The number of hydrogen-bond acceptors (Lipinski definition) is 4. The van der Waals surface area contributed by atoms with Crippen molar-refractivity contribution in [2.45, 2.75) is 13.5 Å². The summed E-state index contributed by atoms with van der Waals surface area (Å²) < 4.78 is 1.77. The lowest BCUT2D eigenvalue weighted by Crippen LogP contribution is -2.11. The van der Waals surface area contributed by atoms with E-state index in [2.05, 4.69) is 15.6 Å². The van der Waals surface area contributed by atoms with Crippen LogP contribution in [-0.4, -0.2) is 26.0 Å². The second-order valence-electron chi connectivity index (χ2n) is 4.61. The fourth-order valence-corrected chi connectivity index (χ4v) is 2.13. The van der Waals surface area contributed by atoms with E-state index < -0.39 is 0 Å². The predicted molar refractivity (Wildman–Crippen MR) is 79.3 cm³/mol. The molecule has 2 N–H and O–H groups in total. The van der Waals surface area contributed by atoms with E-state index in [0.29, 0.717) is 16.8 Å². The monoisotopic (exact) mass is 282 g/mol. The molecule has 0 aliphatic heterocycles. The number of phenols is 1. The molecule has 0 saturated heterocycles. The van der Waals surface area contributed by atoms with Gasteiger partial charge in [-0.25, -0.2) is 4.68 Å². The number of amides is 1. The van der Waals surface area contributed by atoms with Gasteiger partial charge >= 0.3 is 0 Å². The van der Waals surface area contributed by atoms with Gasteiger partial charge in [0.15, 0.2) is 0 Å². The number of aromatic nitrogens is 3. The molecule has 0 fully saturated rings. The maximum atomic E-state index is 12.2. The van der Waals surface area contributed by atoms with E-state index in [-0.39, 0.29) is 11.7 Å². The van der Waals surface area contributed by atoms with Crippen molar-refractivity contribution in [3.05, 3.63) is 48.0 Å². The third-order valence-corrected chi connectivity index (χ3v) is 3.18. The number of fused-ring (bicyclic) bond motifs is 1. The summed E-state index contributed by atoms with van der Waals surface area (Å²) in [7, 11) is 0. The fourth-order valence-electron chi connectivity index (χ4n) is 2.13. The molecule has 3 rings (SSSR count). The highest BCUT2D eigenvalue weighted by molar-refractivity contribution is 6.05. The van der Waals surface area contributed by atoms with E-state index >= 15 is 0 Å². The molecule has 0 radical (unpaired) electrons. The number of nitrogens with zero attached hydrogens (tertiary/aromatic N) is 3. The molecule has 6 heteroatoms. The van der Waals surface area contributed by atoms with Crippen LogP contribution in [0.3, 0.4) is 0 Å². The van der Waals surface area contributed by atoms with Gasteiger partial charge in [0.2, 0.25) is 0 Å². The molecule has 0 unspecified atom stereocenters. The molecule has 0 spiro atoms. The van der Waals surface area contributed by atoms with Gasteiger partial charge < -0.3 is 10.4 Å². The van der Waals surface area contributed by atoms with Crippen LogP contribution in [0, 0.1) is 0 Å². The molecule has 3 aromatic rings. The molecule has 6 nitrogen and oxygen atoms in total. The molecule has 2 aromatic carbocycles. The number of hydrogen-bond donors (Lipinski definition) is 2. The third-order valence-electron chi connectivity index (χ3n) is 3.18. The lowest BCUT2D eigenvalue weighted by molar-refractivity contribution is 0.102. The highest BCUT2D eigenvalue weighted by Gasteiger charge is 2.10. The van der Waals surface area contributed by atoms with Crippen LogP contribution in [0.25, 0.3) is 11.0 Å². The topological polar surface area (TPSA) is 80.0 Å².